The minimum Gasteiger partial charge on any atom is -0.455 e. The molecule has 57 heavy (non-hydrogen) atoms. The van der Waals surface area contributed by atoms with E-state index < -0.39 is 0 Å². The Morgan fingerprint density at radius 1 is 0.368 bits per heavy atom. The average Bonchev–Trinajstić information content (AvgIpc) is 3.90. The highest BCUT2D eigenvalue weighted by Gasteiger charge is 2.22. The number of hydrogen-bond donors (Lipinski definition) is 0. The van der Waals surface area contributed by atoms with Crippen molar-refractivity contribution in [3.8, 4) is 44.8 Å². The molecule has 0 bridgehead atoms. The van der Waals surface area contributed by atoms with Gasteiger partial charge in [-0.1, -0.05) is 146 Å². The van der Waals surface area contributed by atoms with E-state index in [4.69, 9.17) is 13.8 Å². The third-order valence-electron chi connectivity index (χ3n) is 10.9. The fraction of sp³-hybridized carbons (Fsp3) is 0. The average molecular weight is 731 g/mol. The van der Waals surface area contributed by atoms with Crippen molar-refractivity contribution in [1.82, 2.24) is 4.98 Å². The molecule has 11 rings (SSSR count). The molecule has 9 aromatic carbocycles. The normalized spacial score (nSPS) is 11.5. The minimum absolute atomic E-state index is 0.588. The molecule has 268 valence electrons. The Balaban J connectivity index is 1.04. The van der Waals surface area contributed by atoms with Crippen molar-refractivity contribution in [2.45, 2.75) is 0 Å². The number of furan rings is 1. The van der Waals surface area contributed by atoms with Gasteiger partial charge >= 0.3 is 0 Å². The molecule has 0 aliphatic carbocycles. The van der Waals surface area contributed by atoms with Gasteiger partial charge in [0, 0.05) is 33.6 Å². The highest BCUT2D eigenvalue weighted by atomic mass is 16.4. The summed E-state index contributed by atoms with van der Waals surface area (Å²) in [6.45, 7) is 0. The van der Waals surface area contributed by atoms with Crippen LogP contribution in [0.4, 0.5) is 17.1 Å². The molecule has 0 amide bonds. The second-order valence-electron chi connectivity index (χ2n) is 14.3. The molecule has 2 heterocycles. The lowest BCUT2D eigenvalue weighted by Gasteiger charge is -2.26. The van der Waals surface area contributed by atoms with E-state index in [0.717, 1.165) is 72.4 Å². The van der Waals surface area contributed by atoms with Crippen LogP contribution in [0, 0.1) is 0 Å². The SMILES string of the molecule is c1ccc(-c2cccc(N(c3ccc(-c4cccc5ccccc45)cc3)c3ccc(-c4cc5oc(-c6ccccc6)nc5c5c4oc4ccccc45)cc3)c2)cc1. The number of aromatic nitrogens is 1. The molecule has 0 atom stereocenters. The number of oxazole rings is 1. The van der Waals surface area contributed by atoms with Crippen LogP contribution in [0.3, 0.4) is 0 Å². The Morgan fingerprint density at radius 3 is 1.72 bits per heavy atom. The second kappa shape index (κ2) is 13.6. The molecule has 4 heteroatoms. The van der Waals surface area contributed by atoms with Gasteiger partial charge in [0.2, 0.25) is 5.89 Å². The number of fused-ring (bicyclic) bond motifs is 6. The maximum absolute atomic E-state index is 6.61. The first-order valence-electron chi connectivity index (χ1n) is 19.2. The van der Waals surface area contributed by atoms with Crippen LogP contribution in [-0.2, 0) is 0 Å². The smallest absolute Gasteiger partial charge is 0.227 e. The fourth-order valence-corrected chi connectivity index (χ4v) is 8.15. The Bertz CT molecular complexity index is 3210. The Labute approximate surface area is 329 Å². The summed E-state index contributed by atoms with van der Waals surface area (Å²) >= 11 is 0. The van der Waals surface area contributed by atoms with Gasteiger partial charge in [-0.15, -0.1) is 0 Å². The van der Waals surface area contributed by atoms with Gasteiger partial charge in [-0.3, -0.25) is 0 Å². The maximum Gasteiger partial charge on any atom is 0.227 e. The third kappa shape index (κ3) is 5.74. The minimum atomic E-state index is 0.588. The zero-order valence-corrected chi connectivity index (χ0v) is 30.8. The Kier molecular flexibility index (Phi) is 7.78. The van der Waals surface area contributed by atoms with E-state index in [9.17, 15) is 0 Å². The maximum atomic E-state index is 6.61. The molecular weight excluding hydrogens is 697 g/mol. The van der Waals surface area contributed by atoms with Crippen LogP contribution < -0.4 is 4.90 Å². The summed E-state index contributed by atoms with van der Waals surface area (Å²) in [5.41, 5.74) is 13.9. The predicted molar refractivity (Wildman–Crippen MR) is 235 cm³/mol. The van der Waals surface area contributed by atoms with Crippen LogP contribution in [-0.4, -0.2) is 4.98 Å². The summed E-state index contributed by atoms with van der Waals surface area (Å²) in [5, 5.41) is 4.45. The van der Waals surface area contributed by atoms with Crippen molar-refractivity contribution >= 4 is 60.9 Å². The van der Waals surface area contributed by atoms with E-state index in [1.54, 1.807) is 0 Å². The van der Waals surface area contributed by atoms with Gasteiger partial charge in [0.15, 0.2) is 5.58 Å². The standard InChI is InChI=1S/C53H34N2O2/c1-3-13-35(14-4-1)40-19-11-20-43(33-40)55(41-29-25-37(26-30-41)45-23-12-18-36-15-7-8-21-44(36)45)42-31-27-38(28-32-42)47-34-49-51(54-53(57-49)39-16-5-2-6-17-39)50-46-22-9-10-24-48(46)56-52(47)50/h1-34H. The van der Waals surface area contributed by atoms with Crippen LogP contribution in [0.2, 0.25) is 0 Å². The quantitative estimate of drug-likeness (QED) is 0.164. The molecule has 0 fully saturated rings. The predicted octanol–water partition coefficient (Wildman–Crippen LogP) is 15.0. The van der Waals surface area contributed by atoms with Crippen LogP contribution in [0.25, 0.3) is 88.6 Å². The first-order chi connectivity index (χ1) is 28.2. The number of benzene rings is 9. The number of nitrogens with zero attached hydrogens (tertiary/aromatic N) is 2. The fourth-order valence-electron chi connectivity index (χ4n) is 8.15. The van der Waals surface area contributed by atoms with E-state index in [0.29, 0.717) is 5.89 Å². The molecule has 0 spiro atoms. The summed E-state index contributed by atoms with van der Waals surface area (Å²) in [6, 6.07) is 72.3. The van der Waals surface area contributed by atoms with Crippen LogP contribution in [0.5, 0.6) is 0 Å². The van der Waals surface area contributed by atoms with E-state index in [1.807, 2.05) is 48.5 Å². The first kappa shape index (κ1) is 32.7. The van der Waals surface area contributed by atoms with E-state index >= 15 is 0 Å². The van der Waals surface area contributed by atoms with Crippen molar-refractivity contribution in [1.29, 1.82) is 0 Å². The van der Waals surface area contributed by atoms with Crippen molar-refractivity contribution in [2.75, 3.05) is 4.90 Å². The lowest BCUT2D eigenvalue weighted by atomic mass is 9.98. The van der Waals surface area contributed by atoms with Gasteiger partial charge in [0.05, 0.1) is 5.39 Å². The molecule has 0 radical (unpaired) electrons. The number of para-hydroxylation sites is 1. The van der Waals surface area contributed by atoms with Crippen LogP contribution >= 0.6 is 0 Å². The summed E-state index contributed by atoms with van der Waals surface area (Å²) < 4.78 is 13.1. The van der Waals surface area contributed by atoms with Crippen molar-refractivity contribution in [3.05, 3.63) is 206 Å². The highest BCUT2D eigenvalue weighted by Crippen LogP contribution is 2.44. The summed E-state index contributed by atoms with van der Waals surface area (Å²) in [4.78, 5) is 7.33. The van der Waals surface area contributed by atoms with Gasteiger partial charge < -0.3 is 13.7 Å². The monoisotopic (exact) mass is 730 g/mol. The summed E-state index contributed by atoms with van der Waals surface area (Å²) in [7, 11) is 0. The third-order valence-corrected chi connectivity index (χ3v) is 10.9. The van der Waals surface area contributed by atoms with Gasteiger partial charge in [0.25, 0.3) is 0 Å². The molecule has 0 aliphatic heterocycles. The largest absolute Gasteiger partial charge is 0.455 e. The molecule has 0 saturated heterocycles. The summed E-state index contributed by atoms with van der Waals surface area (Å²) in [5.74, 6) is 0.588. The molecule has 0 aliphatic rings. The Hall–Kier alpha value is -7.69. The van der Waals surface area contributed by atoms with E-state index in [2.05, 4.69) is 163 Å². The van der Waals surface area contributed by atoms with Crippen LogP contribution in [0.1, 0.15) is 0 Å². The molecule has 0 N–H and O–H groups in total. The number of hydrogen-bond acceptors (Lipinski definition) is 4. The van der Waals surface area contributed by atoms with E-state index in [-0.39, 0.29) is 0 Å². The van der Waals surface area contributed by atoms with Crippen molar-refractivity contribution in [2.24, 2.45) is 0 Å². The lowest BCUT2D eigenvalue weighted by Crippen LogP contribution is -2.10. The highest BCUT2D eigenvalue weighted by molar-refractivity contribution is 6.20. The van der Waals surface area contributed by atoms with Gasteiger partial charge in [-0.2, -0.15) is 0 Å². The molecule has 11 aromatic rings. The first-order valence-corrected chi connectivity index (χ1v) is 19.2. The van der Waals surface area contributed by atoms with Crippen molar-refractivity contribution < 1.29 is 8.83 Å². The molecule has 0 unspecified atom stereocenters. The number of anilines is 3. The zero-order valence-electron chi connectivity index (χ0n) is 30.8. The lowest BCUT2D eigenvalue weighted by molar-refractivity contribution is 0.619. The molecule has 4 nitrogen and oxygen atoms in total. The van der Waals surface area contributed by atoms with Gasteiger partial charge in [-0.25, -0.2) is 4.98 Å². The van der Waals surface area contributed by atoms with E-state index in [1.165, 1.54) is 27.5 Å². The van der Waals surface area contributed by atoms with Crippen molar-refractivity contribution in [3.63, 3.8) is 0 Å². The number of rotatable bonds is 7. The molecule has 2 aromatic heterocycles. The summed E-state index contributed by atoms with van der Waals surface area (Å²) in [6.07, 6.45) is 0. The Morgan fingerprint density at radius 2 is 0.965 bits per heavy atom. The van der Waals surface area contributed by atoms with Gasteiger partial charge in [0.1, 0.15) is 16.7 Å². The second-order valence-corrected chi connectivity index (χ2v) is 14.3. The topological polar surface area (TPSA) is 42.4 Å². The molecular formula is C53H34N2O2. The van der Waals surface area contributed by atoms with Gasteiger partial charge in [-0.05, 0) is 99.3 Å². The zero-order chi connectivity index (χ0) is 37.7. The molecule has 0 saturated carbocycles. The van der Waals surface area contributed by atoms with Crippen LogP contribution in [0.15, 0.2) is 215 Å².